The minimum Gasteiger partial charge on any atom is -0.457 e. The van der Waals surface area contributed by atoms with Crippen LogP contribution in [-0.2, 0) is 6.54 Å². The van der Waals surface area contributed by atoms with Gasteiger partial charge in [0.25, 0.3) is 0 Å². The van der Waals surface area contributed by atoms with Crippen molar-refractivity contribution < 1.29 is 4.74 Å². The molecule has 2 aromatic rings. The number of nitrogens with one attached hydrogen (secondary N) is 1. The molecule has 4 heteroatoms. The van der Waals surface area contributed by atoms with Crippen LogP contribution in [0.2, 0.25) is 5.02 Å². The SMILES string of the molecule is CCNCc1ccc(Cl)cc1Oc1ccc(SC)cc1. The normalized spacial score (nSPS) is 10.6. The second-order valence-corrected chi connectivity index (χ2v) is 5.63. The molecule has 0 radical (unpaired) electrons. The van der Waals surface area contributed by atoms with Crippen molar-refractivity contribution in [3.63, 3.8) is 0 Å². The molecule has 0 amide bonds. The van der Waals surface area contributed by atoms with E-state index in [1.807, 2.05) is 30.3 Å². The molecule has 1 N–H and O–H groups in total. The van der Waals surface area contributed by atoms with Crippen molar-refractivity contribution in [3.8, 4) is 11.5 Å². The Morgan fingerprint density at radius 2 is 1.90 bits per heavy atom. The van der Waals surface area contributed by atoms with Crippen LogP contribution in [0.4, 0.5) is 0 Å². The molecule has 0 saturated carbocycles. The van der Waals surface area contributed by atoms with Crippen molar-refractivity contribution >= 4 is 23.4 Å². The van der Waals surface area contributed by atoms with E-state index < -0.39 is 0 Å². The number of hydrogen-bond donors (Lipinski definition) is 1. The van der Waals surface area contributed by atoms with Crippen LogP contribution in [0.1, 0.15) is 12.5 Å². The molecule has 0 heterocycles. The monoisotopic (exact) mass is 307 g/mol. The van der Waals surface area contributed by atoms with Gasteiger partial charge in [-0.05, 0) is 49.2 Å². The Kier molecular flexibility index (Phi) is 5.77. The molecule has 0 atom stereocenters. The Morgan fingerprint density at radius 1 is 1.15 bits per heavy atom. The van der Waals surface area contributed by atoms with Crippen LogP contribution in [0.3, 0.4) is 0 Å². The summed E-state index contributed by atoms with van der Waals surface area (Å²) < 4.78 is 5.95. The quantitative estimate of drug-likeness (QED) is 0.762. The zero-order valence-corrected chi connectivity index (χ0v) is 13.2. The summed E-state index contributed by atoms with van der Waals surface area (Å²) >= 11 is 7.77. The smallest absolute Gasteiger partial charge is 0.133 e. The predicted octanol–water partition coefficient (Wildman–Crippen LogP) is 4.96. The maximum absolute atomic E-state index is 6.06. The number of ether oxygens (including phenoxy) is 1. The van der Waals surface area contributed by atoms with Gasteiger partial charge in [0.2, 0.25) is 0 Å². The van der Waals surface area contributed by atoms with Crippen molar-refractivity contribution in [2.24, 2.45) is 0 Å². The molecule has 0 aliphatic heterocycles. The van der Waals surface area contributed by atoms with Gasteiger partial charge >= 0.3 is 0 Å². The van der Waals surface area contributed by atoms with Gasteiger partial charge in [-0.15, -0.1) is 11.8 Å². The fourth-order valence-corrected chi connectivity index (χ4v) is 2.37. The maximum Gasteiger partial charge on any atom is 0.133 e. The molecule has 0 unspecified atom stereocenters. The Hall–Kier alpha value is -1.16. The number of halogens is 1. The average Bonchev–Trinajstić information content (AvgIpc) is 2.47. The Bertz CT molecular complexity index is 557. The minimum atomic E-state index is 0.681. The summed E-state index contributed by atoms with van der Waals surface area (Å²) in [4.78, 5) is 1.22. The standard InChI is InChI=1S/C16H18ClNOS/c1-3-18-11-12-4-5-13(17)10-16(12)19-14-6-8-15(20-2)9-7-14/h4-10,18H,3,11H2,1-2H3. The molecule has 0 spiro atoms. The summed E-state index contributed by atoms with van der Waals surface area (Å²) in [7, 11) is 0. The molecule has 0 saturated heterocycles. The zero-order valence-electron chi connectivity index (χ0n) is 11.7. The van der Waals surface area contributed by atoms with Crippen LogP contribution >= 0.6 is 23.4 Å². The fourth-order valence-electron chi connectivity index (χ4n) is 1.80. The topological polar surface area (TPSA) is 21.3 Å². The third-order valence-corrected chi connectivity index (χ3v) is 3.86. The highest BCUT2D eigenvalue weighted by Gasteiger charge is 2.06. The summed E-state index contributed by atoms with van der Waals surface area (Å²) in [5.74, 6) is 1.62. The third kappa shape index (κ3) is 4.17. The lowest BCUT2D eigenvalue weighted by Gasteiger charge is -2.12. The minimum absolute atomic E-state index is 0.681. The molecule has 2 aromatic carbocycles. The van der Waals surface area contributed by atoms with Crippen LogP contribution < -0.4 is 10.1 Å². The van der Waals surface area contributed by atoms with E-state index in [4.69, 9.17) is 16.3 Å². The fraction of sp³-hybridized carbons (Fsp3) is 0.250. The van der Waals surface area contributed by atoms with Crippen molar-refractivity contribution in [2.75, 3.05) is 12.8 Å². The van der Waals surface area contributed by atoms with Crippen LogP contribution in [0.5, 0.6) is 11.5 Å². The molecule has 106 valence electrons. The van der Waals surface area contributed by atoms with E-state index >= 15 is 0 Å². The molecule has 2 rings (SSSR count). The number of thioether (sulfide) groups is 1. The lowest BCUT2D eigenvalue weighted by molar-refractivity contribution is 0.473. The summed E-state index contributed by atoms with van der Waals surface area (Å²) in [5.41, 5.74) is 1.10. The number of hydrogen-bond acceptors (Lipinski definition) is 3. The van der Waals surface area contributed by atoms with E-state index in [2.05, 4.69) is 30.6 Å². The molecular weight excluding hydrogens is 290 g/mol. The largest absolute Gasteiger partial charge is 0.457 e. The van der Waals surface area contributed by atoms with Gasteiger partial charge in [0.05, 0.1) is 0 Å². The predicted molar refractivity (Wildman–Crippen MR) is 87.1 cm³/mol. The highest BCUT2D eigenvalue weighted by Crippen LogP contribution is 2.29. The lowest BCUT2D eigenvalue weighted by atomic mass is 10.2. The van der Waals surface area contributed by atoms with Crippen molar-refractivity contribution in [1.29, 1.82) is 0 Å². The van der Waals surface area contributed by atoms with Gasteiger partial charge in [-0.25, -0.2) is 0 Å². The summed E-state index contributed by atoms with van der Waals surface area (Å²) in [6.07, 6.45) is 2.06. The zero-order chi connectivity index (χ0) is 14.4. The maximum atomic E-state index is 6.06. The van der Waals surface area contributed by atoms with Gasteiger partial charge in [-0.2, -0.15) is 0 Å². The highest BCUT2D eigenvalue weighted by molar-refractivity contribution is 7.98. The van der Waals surface area contributed by atoms with E-state index in [9.17, 15) is 0 Å². The molecule has 0 aliphatic carbocycles. The van der Waals surface area contributed by atoms with E-state index in [0.29, 0.717) is 5.02 Å². The lowest BCUT2D eigenvalue weighted by Crippen LogP contribution is -2.12. The first kappa shape index (κ1) is 15.2. The molecule has 0 fully saturated rings. The Balaban J connectivity index is 2.19. The number of rotatable bonds is 6. The van der Waals surface area contributed by atoms with Crippen molar-refractivity contribution in [3.05, 3.63) is 53.1 Å². The third-order valence-electron chi connectivity index (χ3n) is 2.88. The summed E-state index contributed by atoms with van der Waals surface area (Å²) in [5, 5.41) is 3.98. The first-order valence-electron chi connectivity index (χ1n) is 6.54. The first-order chi connectivity index (χ1) is 9.72. The van der Waals surface area contributed by atoms with Gasteiger partial charge in [-0.1, -0.05) is 24.6 Å². The van der Waals surface area contributed by atoms with Crippen molar-refractivity contribution in [2.45, 2.75) is 18.4 Å². The van der Waals surface area contributed by atoms with Gasteiger partial charge in [0.1, 0.15) is 11.5 Å². The van der Waals surface area contributed by atoms with Gasteiger partial charge in [-0.3, -0.25) is 0 Å². The highest BCUT2D eigenvalue weighted by atomic mass is 35.5. The van der Waals surface area contributed by atoms with E-state index in [0.717, 1.165) is 30.2 Å². The molecule has 2 nitrogen and oxygen atoms in total. The van der Waals surface area contributed by atoms with Crippen molar-refractivity contribution in [1.82, 2.24) is 5.32 Å². The second kappa shape index (κ2) is 7.58. The second-order valence-electron chi connectivity index (χ2n) is 4.31. The van der Waals surface area contributed by atoms with Crippen LogP contribution in [0.25, 0.3) is 0 Å². The molecule has 0 aromatic heterocycles. The first-order valence-corrected chi connectivity index (χ1v) is 8.14. The Labute approximate surface area is 129 Å². The van der Waals surface area contributed by atoms with Crippen LogP contribution in [0, 0.1) is 0 Å². The molecule has 20 heavy (non-hydrogen) atoms. The van der Waals surface area contributed by atoms with E-state index in [1.54, 1.807) is 11.8 Å². The van der Waals surface area contributed by atoms with Gasteiger partial charge in [0.15, 0.2) is 0 Å². The summed E-state index contributed by atoms with van der Waals surface area (Å²) in [6.45, 7) is 3.77. The van der Waals surface area contributed by atoms with E-state index in [-0.39, 0.29) is 0 Å². The average molecular weight is 308 g/mol. The molecule has 0 aliphatic rings. The van der Waals surface area contributed by atoms with Crippen LogP contribution in [-0.4, -0.2) is 12.8 Å². The molecular formula is C16H18ClNOS. The molecule has 0 bridgehead atoms. The van der Waals surface area contributed by atoms with E-state index in [1.165, 1.54) is 4.90 Å². The van der Waals surface area contributed by atoms with Gasteiger partial charge < -0.3 is 10.1 Å². The Morgan fingerprint density at radius 3 is 2.55 bits per heavy atom. The number of benzene rings is 2. The van der Waals surface area contributed by atoms with Crippen LogP contribution in [0.15, 0.2) is 47.4 Å². The summed E-state index contributed by atoms with van der Waals surface area (Å²) in [6, 6.07) is 13.8. The van der Waals surface area contributed by atoms with Gasteiger partial charge in [0, 0.05) is 22.0 Å².